The third-order valence-corrected chi connectivity index (χ3v) is 2.14. The predicted octanol–water partition coefficient (Wildman–Crippen LogP) is 2.69. The highest BCUT2D eigenvalue weighted by Gasteiger charge is 2.60. The van der Waals surface area contributed by atoms with E-state index in [2.05, 4.69) is 0 Å². The number of hydrogen-bond donors (Lipinski definition) is 0. The van der Waals surface area contributed by atoms with E-state index in [1.807, 2.05) is 5.92 Å². The Labute approximate surface area is 67.9 Å². The standard InChI is InChI=1S/C8H8F4/c1-2-3-7(6(9)10)4-8(11,12)5-7/h1,6H,3-5H2. The largest absolute Gasteiger partial charge is 0.249 e. The smallest absolute Gasteiger partial charge is 0.210 e. The molecule has 0 amide bonds. The van der Waals surface area contributed by atoms with Gasteiger partial charge in [0.05, 0.1) is 5.41 Å². The van der Waals surface area contributed by atoms with Crippen LogP contribution in [-0.2, 0) is 0 Å². The molecule has 1 fully saturated rings. The van der Waals surface area contributed by atoms with Crippen molar-refractivity contribution < 1.29 is 17.6 Å². The fraction of sp³-hybridized carbons (Fsp3) is 0.750. The summed E-state index contributed by atoms with van der Waals surface area (Å²) in [5.41, 5.74) is -1.61. The zero-order valence-corrected chi connectivity index (χ0v) is 6.29. The van der Waals surface area contributed by atoms with Gasteiger partial charge < -0.3 is 0 Å². The van der Waals surface area contributed by atoms with Gasteiger partial charge in [-0.3, -0.25) is 0 Å². The molecule has 1 aliphatic carbocycles. The highest BCUT2D eigenvalue weighted by atomic mass is 19.3. The lowest BCUT2D eigenvalue weighted by atomic mass is 9.64. The van der Waals surface area contributed by atoms with E-state index in [4.69, 9.17) is 6.42 Å². The van der Waals surface area contributed by atoms with E-state index in [-0.39, 0.29) is 6.42 Å². The molecule has 0 aromatic carbocycles. The van der Waals surface area contributed by atoms with E-state index in [0.29, 0.717) is 0 Å². The summed E-state index contributed by atoms with van der Waals surface area (Å²) in [5, 5.41) is 0. The van der Waals surface area contributed by atoms with Crippen molar-refractivity contribution in [3.8, 4) is 12.3 Å². The molecular weight excluding hydrogens is 172 g/mol. The zero-order chi connectivity index (χ0) is 9.41. The van der Waals surface area contributed by atoms with Crippen LogP contribution in [-0.4, -0.2) is 12.3 Å². The highest BCUT2D eigenvalue weighted by molar-refractivity contribution is 5.06. The molecule has 0 N–H and O–H groups in total. The lowest BCUT2D eigenvalue weighted by molar-refractivity contribution is -0.208. The van der Waals surface area contributed by atoms with Gasteiger partial charge in [0.15, 0.2) is 0 Å². The Hall–Kier alpha value is -0.720. The predicted molar refractivity (Wildman–Crippen MR) is 36.1 cm³/mol. The van der Waals surface area contributed by atoms with Crippen molar-refractivity contribution in [3.63, 3.8) is 0 Å². The van der Waals surface area contributed by atoms with Gasteiger partial charge in [-0.15, -0.1) is 12.3 Å². The molecule has 0 spiro atoms. The summed E-state index contributed by atoms with van der Waals surface area (Å²) in [5.74, 6) is -0.921. The number of rotatable bonds is 2. The number of terminal acetylenes is 1. The van der Waals surface area contributed by atoms with Crippen molar-refractivity contribution >= 4 is 0 Å². The summed E-state index contributed by atoms with van der Waals surface area (Å²) >= 11 is 0. The molecule has 0 saturated heterocycles. The number of halogens is 4. The number of hydrogen-bond acceptors (Lipinski definition) is 0. The Bertz CT molecular complexity index is 206. The van der Waals surface area contributed by atoms with Crippen molar-refractivity contribution in [2.24, 2.45) is 5.41 Å². The van der Waals surface area contributed by atoms with E-state index in [1.165, 1.54) is 0 Å². The quantitative estimate of drug-likeness (QED) is 0.452. The summed E-state index contributed by atoms with van der Waals surface area (Å²) in [6, 6.07) is 0. The van der Waals surface area contributed by atoms with Gasteiger partial charge in [0.1, 0.15) is 0 Å². The second-order valence-electron chi connectivity index (χ2n) is 3.25. The lowest BCUT2D eigenvalue weighted by Gasteiger charge is -2.45. The fourth-order valence-corrected chi connectivity index (χ4v) is 1.54. The molecule has 0 heterocycles. The first-order valence-electron chi connectivity index (χ1n) is 3.51. The van der Waals surface area contributed by atoms with E-state index in [1.54, 1.807) is 0 Å². The van der Waals surface area contributed by atoms with Gasteiger partial charge in [-0.2, -0.15) is 0 Å². The summed E-state index contributed by atoms with van der Waals surface area (Å²) in [6.45, 7) is 0. The maximum atomic E-state index is 12.3. The Kier molecular flexibility index (Phi) is 2.07. The monoisotopic (exact) mass is 180 g/mol. The normalized spacial score (nSPS) is 24.7. The SMILES string of the molecule is C#CCC1(C(F)F)CC(F)(F)C1. The lowest BCUT2D eigenvalue weighted by Crippen LogP contribution is -2.50. The van der Waals surface area contributed by atoms with Crippen LogP contribution in [0.3, 0.4) is 0 Å². The molecule has 0 nitrogen and oxygen atoms in total. The van der Waals surface area contributed by atoms with Crippen LogP contribution < -0.4 is 0 Å². The topological polar surface area (TPSA) is 0 Å². The molecule has 1 aliphatic rings. The van der Waals surface area contributed by atoms with Gasteiger partial charge in [-0.05, 0) is 0 Å². The molecule has 0 aliphatic heterocycles. The van der Waals surface area contributed by atoms with Gasteiger partial charge in [0.25, 0.3) is 0 Å². The molecule has 1 rings (SSSR count). The van der Waals surface area contributed by atoms with Crippen molar-refractivity contribution in [1.82, 2.24) is 0 Å². The second-order valence-corrected chi connectivity index (χ2v) is 3.25. The van der Waals surface area contributed by atoms with Gasteiger partial charge in [0.2, 0.25) is 12.3 Å². The molecule has 1 saturated carbocycles. The van der Waals surface area contributed by atoms with E-state index in [0.717, 1.165) is 0 Å². The second kappa shape index (κ2) is 2.65. The Morgan fingerprint density at radius 1 is 1.33 bits per heavy atom. The zero-order valence-electron chi connectivity index (χ0n) is 6.29. The maximum Gasteiger partial charge on any atom is 0.249 e. The van der Waals surface area contributed by atoms with E-state index in [9.17, 15) is 17.6 Å². The minimum atomic E-state index is -2.94. The summed E-state index contributed by atoms with van der Waals surface area (Å²) in [7, 11) is 0. The van der Waals surface area contributed by atoms with Gasteiger partial charge >= 0.3 is 0 Å². The van der Waals surface area contributed by atoms with E-state index >= 15 is 0 Å². The summed E-state index contributed by atoms with van der Waals surface area (Å²) in [4.78, 5) is 0. The van der Waals surface area contributed by atoms with Crippen LogP contribution in [0.2, 0.25) is 0 Å². The van der Waals surface area contributed by atoms with Crippen LogP contribution >= 0.6 is 0 Å². The van der Waals surface area contributed by atoms with Gasteiger partial charge in [-0.25, -0.2) is 17.6 Å². The highest BCUT2D eigenvalue weighted by Crippen LogP contribution is 2.56. The van der Waals surface area contributed by atoms with Crippen LogP contribution in [0.25, 0.3) is 0 Å². The molecule has 12 heavy (non-hydrogen) atoms. The average molecular weight is 180 g/mol. The molecule has 4 heteroatoms. The first-order chi connectivity index (χ1) is 5.42. The molecule has 0 aromatic rings. The summed E-state index contributed by atoms with van der Waals surface area (Å²) in [6.07, 6.45) is 0.264. The van der Waals surface area contributed by atoms with Crippen LogP contribution in [0, 0.1) is 17.8 Å². The van der Waals surface area contributed by atoms with Gasteiger partial charge in [-0.1, -0.05) is 0 Å². The number of alkyl halides is 4. The molecule has 0 bridgehead atoms. The average Bonchev–Trinajstić information content (AvgIpc) is 1.83. The van der Waals surface area contributed by atoms with Crippen LogP contribution in [0.4, 0.5) is 17.6 Å². The molecular formula is C8H8F4. The third-order valence-electron chi connectivity index (χ3n) is 2.14. The molecule has 0 radical (unpaired) electrons. The summed E-state index contributed by atoms with van der Waals surface area (Å²) < 4.78 is 49.1. The molecule has 68 valence electrons. The molecule has 0 atom stereocenters. The van der Waals surface area contributed by atoms with Crippen LogP contribution in [0.15, 0.2) is 0 Å². The Morgan fingerprint density at radius 2 is 1.83 bits per heavy atom. The van der Waals surface area contributed by atoms with E-state index < -0.39 is 30.6 Å². The Balaban J connectivity index is 2.63. The van der Waals surface area contributed by atoms with Crippen LogP contribution in [0.5, 0.6) is 0 Å². The third kappa shape index (κ3) is 1.40. The van der Waals surface area contributed by atoms with Crippen molar-refractivity contribution in [2.45, 2.75) is 31.6 Å². The fourth-order valence-electron chi connectivity index (χ4n) is 1.54. The first kappa shape index (κ1) is 9.37. The molecule has 0 aromatic heterocycles. The van der Waals surface area contributed by atoms with Crippen molar-refractivity contribution in [2.75, 3.05) is 0 Å². The first-order valence-corrected chi connectivity index (χ1v) is 3.51. The Morgan fingerprint density at radius 3 is 2.08 bits per heavy atom. The minimum Gasteiger partial charge on any atom is -0.210 e. The minimum absolute atomic E-state index is 0.264. The van der Waals surface area contributed by atoms with Crippen LogP contribution in [0.1, 0.15) is 19.3 Å². The maximum absolute atomic E-state index is 12.3. The molecule has 0 unspecified atom stereocenters. The van der Waals surface area contributed by atoms with Crippen molar-refractivity contribution in [1.29, 1.82) is 0 Å². The van der Waals surface area contributed by atoms with Crippen molar-refractivity contribution in [3.05, 3.63) is 0 Å². The van der Waals surface area contributed by atoms with Gasteiger partial charge in [0, 0.05) is 19.3 Å².